The van der Waals surface area contributed by atoms with E-state index >= 15 is 0 Å². The van der Waals surface area contributed by atoms with Crippen LogP contribution in [0, 0.1) is 0 Å². The van der Waals surface area contributed by atoms with Gasteiger partial charge in [0.15, 0.2) is 0 Å². The number of benzene rings is 18. The Bertz CT molecular complexity index is 5810. The Kier molecular flexibility index (Phi) is 13.3. The highest BCUT2D eigenvalue weighted by molar-refractivity contribution is 6.15. The summed E-state index contributed by atoms with van der Waals surface area (Å²) in [6, 6.07) is 134. The molecule has 0 saturated heterocycles. The molecule has 0 spiro atoms. The topological polar surface area (TPSA) is 6.48 Å². The van der Waals surface area contributed by atoms with E-state index in [4.69, 9.17) is 0 Å². The molecule has 0 heterocycles. The first-order valence-corrected chi connectivity index (χ1v) is 32.4. The van der Waals surface area contributed by atoms with Gasteiger partial charge in [-0.1, -0.05) is 279 Å². The minimum Gasteiger partial charge on any atom is -0.311 e. The van der Waals surface area contributed by atoms with Crippen molar-refractivity contribution in [2.75, 3.05) is 9.80 Å². The fourth-order valence-electron chi connectivity index (χ4n) is 14.7. The van der Waals surface area contributed by atoms with Gasteiger partial charge in [0.05, 0.1) is 5.69 Å². The highest BCUT2D eigenvalue weighted by Gasteiger charge is 2.21. The van der Waals surface area contributed by atoms with Gasteiger partial charge in [-0.15, -0.1) is 0 Å². The normalized spacial score (nSPS) is 11.6. The molecule has 0 aromatic heterocycles. The van der Waals surface area contributed by atoms with Crippen LogP contribution in [0.5, 0.6) is 0 Å². The van der Waals surface area contributed by atoms with Crippen molar-refractivity contribution >= 4 is 120 Å². The average molecular weight is 1190 g/mol. The van der Waals surface area contributed by atoms with Crippen molar-refractivity contribution in [3.63, 3.8) is 0 Å². The number of hydrogen-bond donors (Lipinski definition) is 0. The van der Waals surface area contributed by atoms with Crippen LogP contribution in [-0.2, 0) is 0 Å². The van der Waals surface area contributed by atoms with E-state index in [1.165, 1.54) is 131 Å². The molecule has 0 aliphatic carbocycles. The number of para-hydroxylation sites is 1. The molecule has 0 unspecified atom stereocenters. The van der Waals surface area contributed by atoms with Crippen molar-refractivity contribution < 1.29 is 0 Å². The molecule has 0 fully saturated rings. The van der Waals surface area contributed by atoms with E-state index in [9.17, 15) is 0 Å². The maximum atomic E-state index is 2.43. The molecule has 0 aliphatic heterocycles. The molecule has 0 atom stereocenters. The van der Waals surface area contributed by atoms with Gasteiger partial charge in [-0.05, 0) is 221 Å². The predicted molar refractivity (Wildman–Crippen MR) is 403 cm³/mol. The zero-order valence-corrected chi connectivity index (χ0v) is 51.5. The molecule has 0 amide bonds. The smallest absolute Gasteiger partial charge is 0.0540 e. The quantitative estimate of drug-likeness (QED) is 0.119. The van der Waals surface area contributed by atoms with Gasteiger partial charge in [0.25, 0.3) is 0 Å². The Labute approximate surface area is 546 Å². The largest absolute Gasteiger partial charge is 0.311 e. The summed E-state index contributed by atoms with van der Waals surface area (Å²) in [5.74, 6) is 0. The van der Waals surface area contributed by atoms with Crippen molar-refractivity contribution in [2.24, 2.45) is 0 Å². The average Bonchev–Trinajstić information content (AvgIpc) is 0.843. The second-order valence-corrected chi connectivity index (χ2v) is 24.8. The zero-order valence-electron chi connectivity index (χ0n) is 51.5. The van der Waals surface area contributed by atoms with Gasteiger partial charge in [-0.3, -0.25) is 0 Å². The van der Waals surface area contributed by atoms with Crippen LogP contribution in [0.15, 0.2) is 364 Å². The molecular weight excluding hydrogens is 1130 g/mol. The summed E-state index contributed by atoms with van der Waals surface area (Å²) in [7, 11) is 0. The van der Waals surface area contributed by atoms with Crippen LogP contribution < -0.4 is 9.80 Å². The molecular formula is C92H60N2. The zero-order chi connectivity index (χ0) is 62.1. The van der Waals surface area contributed by atoms with E-state index in [-0.39, 0.29) is 0 Å². The van der Waals surface area contributed by atoms with Crippen LogP contribution in [0.4, 0.5) is 34.1 Å². The number of hydrogen-bond acceptors (Lipinski definition) is 2. The Morgan fingerprint density at radius 3 is 1.00 bits per heavy atom. The Morgan fingerprint density at radius 1 is 0.138 bits per heavy atom. The van der Waals surface area contributed by atoms with Gasteiger partial charge in [0, 0.05) is 34.0 Å². The van der Waals surface area contributed by atoms with Gasteiger partial charge >= 0.3 is 0 Å². The molecule has 18 aromatic rings. The second-order valence-electron chi connectivity index (χ2n) is 24.8. The van der Waals surface area contributed by atoms with Crippen LogP contribution >= 0.6 is 0 Å². The first kappa shape index (κ1) is 54.6. The van der Waals surface area contributed by atoms with Crippen LogP contribution in [-0.4, -0.2) is 0 Å². The number of nitrogens with zero attached hydrogens (tertiary/aromatic N) is 2. The summed E-state index contributed by atoms with van der Waals surface area (Å²) in [5.41, 5.74) is 18.4. The van der Waals surface area contributed by atoms with Crippen molar-refractivity contribution in [1.82, 2.24) is 0 Å². The highest BCUT2D eigenvalue weighted by Crippen LogP contribution is 2.46. The molecule has 0 radical (unpaired) electrons. The van der Waals surface area contributed by atoms with Crippen molar-refractivity contribution in [3.05, 3.63) is 364 Å². The lowest BCUT2D eigenvalue weighted by molar-refractivity contribution is 1.28. The molecule has 18 rings (SSSR count). The summed E-state index contributed by atoms with van der Waals surface area (Å²) in [5, 5.41) is 19.9. The fourth-order valence-corrected chi connectivity index (χ4v) is 14.7. The third kappa shape index (κ3) is 9.67. The van der Waals surface area contributed by atoms with Crippen molar-refractivity contribution in [2.45, 2.75) is 0 Å². The van der Waals surface area contributed by atoms with Gasteiger partial charge < -0.3 is 9.80 Å². The van der Waals surface area contributed by atoms with Gasteiger partial charge in [-0.25, -0.2) is 0 Å². The van der Waals surface area contributed by atoms with E-state index in [0.29, 0.717) is 0 Å². The van der Waals surface area contributed by atoms with Gasteiger partial charge in [0.2, 0.25) is 0 Å². The summed E-state index contributed by atoms with van der Waals surface area (Å²) in [6.45, 7) is 0. The first-order valence-electron chi connectivity index (χ1n) is 32.4. The van der Waals surface area contributed by atoms with E-state index in [0.717, 1.165) is 45.3 Å². The Morgan fingerprint density at radius 2 is 0.468 bits per heavy atom. The maximum absolute atomic E-state index is 2.43. The van der Waals surface area contributed by atoms with Gasteiger partial charge in [0.1, 0.15) is 0 Å². The summed E-state index contributed by atoms with van der Waals surface area (Å²) in [4.78, 5) is 4.81. The molecule has 0 bridgehead atoms. The predicted octanol–water partition coefficient (Wildman–Crippen LogP) is 26.2. The van der Waals surface area contributed by atoms with E-state index in [1.54, 1.807) is 0 Å². The van der Waals surface area contributed by atoms with Crippen LogP contribution in [0.1, 0.15) is 0 Å². The molecule has 0 N–H and O–H groups in total. The molecule has 0 aliphatic rings. The van der Waals surface area contributed by atoms with Crippen molar-refractivity contribution in [1.29, 1.82) is 0 Å². The summed E-state index contributed by atoms with van der Waals surface area (Å²) < 4.78 is 0. The first-order chi connectivity index (χ1) is 46.6. The van der Waals surface area contributed by atoms with Crippen molar-refractivity contribution in [3.8, 4) is 55.6 Å². The fraction of sp³-hybridized carbons (Fsp3) is 0. The minimum absolute atomic E-state index is 1.08. The third-order valence-corrected chi connectivity index (χ3v) is 19.4. The lowest BCUT2D eigenvalue weighted by Gasteiger charge is -2.28. The Balaban J connectivity index is 0.678. The van der Waals surface area contributed by atoms with Crippen LogP contribution in [0.2, 0.25) is 0 Å². The van der Waals surface area contributed by atoms with Crippen LogP contribution in [0.3, 0.4) is 0 Å². The molecule has 0 saturated carbocycles. The minimum atomic E-state index is 1.08. The number of rotatable bonds is 11. The van der Waals surface area contributed by atoms with Crippen LogP contribution in [0.25, 0.3) is 142 Å². The maximum Gasteiger partial charge on any atom is 0.0540 e. The van der Waals surface area contributed by atoms with E-state index in [1.807, 2.05) is 0 Å². The van der Waals surface area contributed by atoms with E-state index in [2.05, 4.69) is 374 Å². The highest BCUT2D eigenvalue weighted by atomic mass is 15.1. The molecule has 94 heavy (non-hydrogen) atoms. The standard InChI is InChI=1S/C92H60N2/c1-2-14-64(15-3-1)89-24-10-11-27-92(89)94(79-49-54-87-74(59-79)33-30-67-18-6-9-23-83(67)87)80-50-55-88-75(60-80)42-53-91-84(25-13-26-90(88)91)71-20-12-19-68(56-71)61-34-43-76(44-35-61)93(77-45-36-62(37-46-77)69-40-51-85-72(57-69)31-28-65-16-4-7-21-81(65)85)78-47-38-63(39-48-78)70-41-52-86-73(58-70)32-29-66-17-5-8-22-82(66)86/h1-60H. The number of fused-ring (bicyclic) bond motifs is 12. The molecule has 2 heteroatoms. The summed E-state index contributed by atoms with van der Waals surface area (Å²) in [6.07, 6.45) is 0. The molecule has 438 valence electrons. The summed E-state index contributed by atoms with van der Waals surface area (Å²) >= 11 is 0. The second kappa shape index (κ2) is 22.8. The Hall–Kier alpha value is -12.4. The number of anilines is 6. The monoisotopic (exact) mass is 1190 g/mol. The molecule has 18 aromatic carbocycles. The third-order valence-electron chi connectivity index (χ3n) is 19.4. The lowest BCUT2D eigenvalue weighted by Crippen LogP contribution is -2.11. The van der Waals surface area contributed by atoms with E-state index < -0.39 is 0 Å². The lowest BCUT2D eigenvalue weighted by atomic mass is 9.92. The molecule has 2 nitrogen and oxygen atoms in total. The SMILES string of the molecule is c1ccc(-c2ccccc2N(c2ccc3c(ccc4ccccc43)c2)c2ccc3c(ccc4c(-c5cccc(-c6ccc(N(c7ccc(-c8ccc9c(ccc%10ccccc%109)c8)cc7)c7ccc(-c8ccc9c(ccc%10ccccc%109)c8)cc7)cc6)c5)cccc43)c2)cc1. The van der Waals surface area contributed by atoms with Gasteiger partial charge in [-0.2, -0.15) is 0 Å².